The molecule has 1 atom stereocenters. The van der Waals surface area contributed by atoms with Gasteiger partial charge in [-0.15, -0.1) is 0 Å². The first-order valence-electron chi connectivity index (χ1n) is 9.24. The third-order valence-corrected chi connectivity index (χ3v) is 8.17. The Morgan fingerprint density at radius 3 is 2.67 bits per heavy atom. The topological polar surface area (TPSA) is 91.8 Å². The van der Waals surface area contributed by atoms with E-state index < -0.39 is 19.9 Å². The van der Waals surface area contributed by atoms with E-state index in [-0.39, 0.29) is 23.5 Å². The van der Waals surface area contributed by atoms with Crippen molar-refractivity contribution in [2.45, 2.75) is 38.6 Å². The molecule has 2 aliphatic heterocycles. The normalized spacial score (nSPS) is 21.3. The molecule has 2 aliphatic rings. The number of fused-ring (bicyclic) bond motifs is 1. The molecule has 0 aliphatic carbocycles. The number of sulfone groups is 1. The fourth-order valence-electron chi connectivity index (χ4n) is 3.81. The van der Waals surface area contributed by atoms with E-state index in [4.69, 9.17) is 0 Å². The number of nitrogens with zero attached hydrogens (tertiary/aromatic N) is 2. The highest BCUT2D eigenvalue weighted by molar-refractivity contribution is 7.92. The van der Waals surface area contributed by atoms with Gasteiger partial charge in [-0.05, 0) is 43.0 Å². The molecular weight excluding hydrogens is 388 g/mol. The summed E-state index contributed by atoms with van der Waals surface area (Å²) in [5, 5.41) is 0. The Labute approximate surface area is 161 Å². The highest BCUT2D eigenvalue weighted by Gasteiger charge is 2.35. The van der Waals surface area contributed by atoms with Gasteiger partial charge in [-0.1, -0.05) is 13.3 Å². The van der Waals surface area contributed by atoms with Crippen LogP contribution < -0.4 is 4.31 Å². The molecule has 0 spiro atoms. The zero-order valence-electron chi connectivity index (χ0n) is 15.7. The van der Waals surface area contributed by atoms with Gasteiger partial charge >= 0.3 is 0 Å². The van der Waals surface area contributed by atoms with Crippen molar-refractivity contribution in [3.63, 3.8) is 0 Å². The molecule has 2 heterocycles. The summed E-state index contributed by atoms with van der Waals surface area (Å²) >= 11 is 0. The number of anilines is 1. The summed E-state index contributed by atoms with van der Waals surface area (Å²) in [6.45, 7) is 2.94. The monoisotopic (exact) mass is 414 g/mol. The van der Waals surface area contributed by atoms with Crippen LogP contribution in [0.3, 0.4) is 0 Å². The standard InChI is InChI=1S/C18H26N2O5S2/c1-3-4-9-19(16-8-11-27(24,25)13-16)18(21)15-5-6-17-14(12-15)7-10-20(17)26(2,22)23/h5-6,12,16H,3-4,7-11,13H2,1-2H3. The van der Waals surface area contributed by atoms with Gasteiger partial charge in [-0.3, -0.25) is 9.10 Å². The number of amides is 1. The Balaban J connectivity index is 1.86. The zero-order valence-corrected chi connectivity index (χ0v) is 17.4. The van der Waals surface area contributed by atoms with Crippen LogP contribution in [-0.2, 0) is 26.3 Å². The summed E-state index contributed by atoms with van der Waals surface area (Å²) in [7, 11) is -6.41. The van der Waals surface area contributed by atoms with E-state index in [2.05, 4.69) is 0 Å². The Morgan fingerprint density at radius 2 is 2.07 bits per heavy atom. The number of rotatable bonds is 6. The molecule has 1 saturated heterocycles. The Hall–Kier alpha value is -1.61. The van der Waals surface area contributed by atoms with Crippen molar-refractivity contribution in [1.29, 1.82) is 0 Å². The van der Waals surface area contributed by atoms with Crippen molar-refractivity contribution in [3.05, 3.63) is 29.3 Å². The molecule has 1 aromatic carbocycles. The molecule has 3 rings (SSSR count). The van der Waals surface area contributed by atoms with Crippen LogP contribution in [0.4, 0.5) is 5.69 Å². The number of hydrogen-bond acceptors (Lipinski definition) is 5. The van der Waals surface area contributed by atoms with Crippen LogP contribution in [0.25, 0.3) is 0 Å². The van der Waals surface area contributed by atoms with Crippen molar-refractivity contribution in [1.82, 2.24) is 4.90 Å². The van der Waals surface area contributed by atoms with Gasteiger partial charge in [-0.2, -0.15) is 0 Å². The molecule has 0 saturated carbocycles. The summed E-state index contributed by atoms with van der Waals surface area (Å²) in [5.74, 6) is -0.0257. The van der Waals surface area contributed by atoms with Crippen molar-refractivity contribution in [2.75, 3.05) is 35.2 Å². The molecular formula is C18H26N2O5S2. The van der Waals surface area contributed by atoms with Crippen LogP contribution in [0.15, 0.2) is 18.2 Å². The van der Waals surface area contributed by atoms with Crippen molar-refractivity contribution in [2.24, 2.45) is 0 Å². The van der Waals surface area contributed by atoms with E-state index in [1.165, 1.54) is 10.6 Å². The molecule has 1 unspecified atom stereocenters. The Kier molecular flexibility index (Phi) is 5.54. The van der Waals surface area contributed by atoms with Crippen LogP contribution in [-0.4, -0.2) is 64.5 Å². The molecule has 1 fully saturated rings. The second-order valence-electron chi connectivity index (χ2n) is 7.34. The summed E-state index contributed by atoms with van der Waals surface area (Å²) in [5.41, 5.74) is 1.95. The average molecular weight is 415 g/mol. The maximum atomic E-state index is 13.1. The van der Waals surface area contributed by atoms with Crippen molar-refractivity contribution in [3.8, 4) is 0 Å². The summed E-state index contributed by atoms with van der Waals surface area (Å²) in [4.78, 5) is 14.8. The van der Waals surface area contributed by atoms with Crippen molar-refractivity contribution >= 4 is 31.5 Å². The van der Waals surface area contributed by atoms with Crippen molar-refractivity contribution < 1.29 is 21.6 Å². The van der Waals surface area contributed by atoms with E-state index in [0.29, 0.717) is 37.2 Å². The van der Waals surface area contributed by atoms with Crippen LogP contribution in [0.1, 0.15) is 42.1 Å². The third-order valence-electron chi connectivity index (χ3n) is 5.24. The van der Waals surface area contributed by atoms with Gasteiger partial charge < -0.3 is 4.90 Å². The summed E-state index contributed by atoms with van der Waals surface area (Å²) < 4.78 is 48.8. The number of sulfonamides is 1. The highest BCUT2D eigenvalue weighted by atomic mass is 32.2. The summed E-state index contributed by atoms with van der Waals surface area (Å²) in [6.07, 6.45) is 3.95. The van der Waals surface area contributed by atoms with Gasteiger partial charge in [-0.25, -0.2) is 16.8 Å². The predicted molar refractivity (Wildman–Crippen MR) is 105 cm³/mol. The first-order valence-corrected chi connectivity index (χ1v) is 12.9. The van der Waals surface area contributed by atoms with E-state index in [9.17, 15) is 21.6 Å². The Bertz CT molecular complexity index is 940. The van der Waals surface area contributed by atoms with E-state index >= 15 is 0 Å². The molecule has 9 heteroatoms. The number of unbranched alkanes of at least 4 members (excludes halogenated alkanes) is 1. The molecule has 0 aromatic heterocycles. The SMILES string of the molecule is CCCCN(C(=O)c1ccc2c(c1)CCN2S(C)(=O)=O)C1CCS(=O)(=O)C1. The largest absolute Gasteiger partial charge is 0.335 e. The molecule has 1 amide bonds. The van der Waals surface area contributed by atoms with Gasteiger partial charge in [0.1, 0.15) is 0 Å². The maximum absolute atomic E-state index is 13.1. The number of hydrogen-bond donors (Lipinski definition) is 0. The predicted octanol–water partition coefficient (Wildman–Crippen LogP) is 1.44. The zero-order chi connectivity index (χ0) is 19.8. The molecule has 7 nitrogen and oxygen atoms in total. The Morgan fingerprint density at radius 1 is 1.33 bits per heavy atom. The molecule has 0 radical (unpaired) electrons. The highest BCUT2D eigenvalue weighted by Crippen LogP contribution is 2.31. The maximum Gasteiger partial charge on any atom is 0.254 e. The molecule has 0 N–H and O–H groups in total. The van der Waals surface area contributed by atoms with Crippen LogP contribution in [0, 0.1) is 0 Å². The first kappa shape index (κ1) is 20.1. The van der Waals surface area contributed by atoms with Gasteiger partial charge in [0.15, 0.2) is 9.84 Å². The van der Waals surface area contributed by atoms with Crippen LogP contribution in [0.5, 0.6) is 0 Å². The number of benzene rings is 1. The summed E-state index contributed by atoms with van der Waals surface area (Å²) in [6, 6.07) is 4.80. The number of carbonyl (C=O) groups is 1. The minimum absolute atomic E-state index is 0.0231. The lowest BCUT2D eigenvalue weighted by Crippen LogP contribution is -2.41. The minimum atomic E-state index is -3.33. The van der Waals surface area contributed by atoms with Crippen LogP contribution >= 0.6 is 0 Å². The van der Waals surface area contributed by atoms with Gasteiger partial charge in [0.2, 0.25) is 10.0 Å². The average Bonchev–Trinajstić information content (AvgIpc) is 3.17. The van der Waals surface area contributed by atoms with Gasteiger partial charge in [0.05, 0.1) is 23.4 Å². The second-order valence-corrected chi connectivity index (χ2v) is 11.5. The molecule has 27 heavy (non-hydrogen) atoms. The smallest absolute Gasteiger partial charge is 0.254 e. The third kappa shape index (κ3) is 4.29. The second kappa shape index (κ2) is 7.43. The van der Waals surface area contributed by atoms with Crippen LogP contribution in [0.2, 0.25) is 0 Å². The lowest BCUT2D eigenvalue weighted by atomic mass is 10.1. The fourth-order valence-corrected chi connectivity index (χ4v) is 6.50. The minimum Gasteiger partial charge on any atom is -0.335 e. The fraction of sp³-hybridized carbons (Fsp3) is 0.611. The molecule has 0 bridgehead atoms. The van der Waals surface area contributed by atoms with Gasteiger partial charge in [0, 0.05) is 24.7 Å². The number of carbonyl (C=O) groups excluding carboxylic acids is 1. The van der Waals surface area contributed by atoms with E-state index in [0.717, 1.165) is 18.4 Å². The van der Waals surface area contributed by atoms with Gasteiger partial charge in [0.25, 0.3) is 5.91 Å². The lowest BCUT2D eigenvalue weighted by molar-refractivity contribution is 0.0694. The van der Waals surface area contributed by atoms with E-state index in [1.807, 2.05) is 6.92 Å². The quantitative estimate of drug-likeness (QED) is 0.702. The van der Waals surface area contributed by atoms with E-state index in [1.54, 1.807) is 23.1 Å². The molecule has 150 valence electrons. The first-order chi connectivity index (χ1) is 12.6. The molecule has 1 aromatic rings. The lowest BCUT2D eigenvalue weighted by Gasteiger charge is -2.28.